The van der Waals surface area contributed by atoms with Crippen LogP contribution in [-0.2, 0) is 9.84 Å². The summed E-state index contributed by atoms with van der Waals surface area (Å²) >= 11 is 0. The summed E-state index contributed by atoms with van der Waals surface area (Å²) in [5, 5.41) is 9.99. The Kier molecular flexibility index (Phi) is 4.83. The lowest BCUT2D eigenvalue weighted by atomic mass is 9.91. The van der Waals surface area contributed by atoms with E-state index in [0.29, 0.717) is 31.4 Å². The van der Waals surface area contributed by atoms with Crippen molar-refractivity contribution in [2.45, 2.75) is 49.5 Å². The van der Waals surface area contributed by atoms with E-state index in [1.807, 2.05) is 0 Å². The second kappa shape index (κ2) is 7.38. The largest absolute Gasteiger partial charge is 0.388 e. The van der Waals surface area contributed by atoms with Gasteiger partial charge in [-0.15, -0.1) is 0 Å². The summed E-state index contributed by atoms with van der Waals surface area (Å²) < 4.78 is 42.0. The van der Waals surface area contributed by atoms with Gasteiger partial charge in [-0.25, -0.2) is 8.42 Å². The average Bonchev–Trinajstić information content (AvgIpc) is 2.56. The monoisotopic (exact) mass is 313 g/mol. The average molecular weight is 313 g/mol. The van der Waals surface area contributed by atoms with Crippen molar-refractivity contribution >= 4 is 9.84 Å². The van der Waals surface area contributed by atoms with Gasteiger partial charge in [0, 0.05) is 2.74 Å². The molecule has 4 nitrogen and oxygen atoms in total. The van der Waals surface area contributed by atoms with E-state index in [0.717, 1.165) is 19.3 Å². The Morgan fingerprint density at radius 1 is 1.33 bits per heavy atom. The minimum absolute atomic E-state index is 0.0679. The van der Waals surface area contributed by atoms with Gasteiger partial charge >= 0.3 is 0 Å². The van der Waals surface area contributed by atoms with Gasteiger partial charge in [-0.3, -0.25) is 0 Å². The first-order valence-electron chi connectivity index (χ1n) is 8.53. The topological polar surface area (TPSA) is 80.4 Å². The number of aliphatic hydroxyl groups is 1. The van der Waals surface area contributed by atoms with Crippen molar-refractivity contribution in [2.24, 2.45) is 11.7 Å². The molecule has 0 saturated heterocycles. The van der Waals surface area contributed by atoms with Gasteiger partial charge in [0.2, 0.25) is 0 Å². The van der Waals surface area contributed by atoms with Crippen LogP contribution >= 0.6 is 0 Å². The third kappa shape index (κ3) is 4.53. The first-order chi connectivity index (χ1) is 10.8. The van der Waals surface area contributed by atoms with Gasteiger partial charge in [0.15, 0.2) is 9.84 Å². The first-order valence-corrected chi connectivity index (χ1v) is 9.01. The fourth-order valence-corrected chi connectivity index (χ4v) is 4.08. The summed E-state index contributed by atoms with van der Waals surface area (Å²) in [4.78, 5) is -0.0679. The lowest BCUT2D eigenvalue weighted by molar-refractivity contribution is 0.170. The number of nitrogens with two attached hydrogens (primary N) is 1. The molecule has 0 aliphatic heterocycles. The smallest absolute Gasteiger partial charge is 0.178 e. The molecule has 118 valence electrons. The molecule has 1 atom stereocenters. The van der Waals surface area contributed by atoms with E-state index in [-0.39, 0.29) is 4.90 Å². The molecule has 1 aromatic carbocycles. The molecule has 3 N–H and O–H groups in total. The Balaban J connectivity index is 2.33. The Morgan fingerprint density at radius 2 is 2.05 bits per heavy atom. The van der Waals surface area contributed by atoms with E-state index in [4.69, 9.17) is 8.48 Å². The fourth-order valence-electron chi connectivity index (χ4n) is 2.72. The maximum absolute atomic E-state index is 12.8. The molecule has 21 heavy (non-hydrogen) atoms. The predicted molar refractivity (Wildman–Crippen MR) is 83.7 cm³/mol. The van der Waals surface area contributed by atoms with Crippen LogP contribution in [0, 0.1) is 5.92 Å². The zero-order valence-corrected chi connectivity index (χ0v) is 13.0. The van der Waals surface area contributed by atoms with Crippen molar-refractivity contribution in [2.75, 3.05) is 12.2 Å². The van der Waals surface area contributed by atoms with Gasteiger partial charge in [0.05, 0.1) is 16.7 Å². The van der Waals surface area contributed by atoms with Crippen molar-refractivity contribution in [1.29, 1.82) is 0 Å². The minimum Gasteiger partial charge on any atom is -0.388 e. The standard InChI is InChI=1S/C16H25NO3S/c17-10-9-16(18)14-7-4-8-15(11-14)21(19,20)12-13-5-2-1-3-6-13/h4,7-8,11,13,16,18H,1-3,5-6,9-10,12,17H2/i12D2. The van der Waals surface area contributed by atoms with Crippen molar-refractivity contribution in [3.63, 3.8) is 0 Å². The molecule has 0 amide bonds. The molecule has 0 heterocycles. The van der Waals surface area contributed by atoms with Crippen LogP contribution in [0.25, 0.3) is 0 Å². The summed E-state index contributed by atoms with van der Waals surface area (Å²) in [5.74, 6) is -0.473. The SMILES string of the molecule is [2H]C([2H])(C1CCCCC1)S(=O)(=O)c1cccc(C(O)CCN)c1. The second-order valence-corrected chi connectivity index (χ2v) is 7.34. The molecule has 0 spiro atoms. The van der Waals surface area contributed by atoms with E-state index in [9.17, 15) is 13.5 Å². The number of sulfone groups is 1. The highest BCUT2D eigenvalue weighted by Crippen LogP contribution is 2.28. The molecule has 1 fully saturated rings. The quantitative estimate of drug-likeness (QED) is 0.845. The molecule has 0 radical (unpaired) electrons. The van der Waals surface area contributed by atoms with Gasteiger partial charge in [-0.2, -0.15) is 0 Å². The molecule has 1 unspecified atom stereocenters. The molecule has 0 bridgehead atoms. The van der Waals surface area contributed by atoms with E-state index >= 15 is 0 Å². The molecule has 0 aromatic heterocycles. The molecular weight excluding hydrogens is 286 g/mol. The van der Waals surface area contributed by atoms with Crippen LogP contribution in [0.4, 0.5) is 0 Å². The maximum Gasteiger partial charge on any atom is 0.178 e. The highest BCUT2D eigenvalue weighted by molar-refractivity contribution is 7.91. The van der Waals surface area contributed by atoms with Crippen LogP contribution in [0.15, 0.2) is 29.2 Å². The van der Waals surface area contributed by atoms with E-state index in [1.165, 1.54) is 12.1 Å². The van der Waals surface area contributed by atoms with Crippen LogP contribution < -0.4 is 5.73 Å². The zero-order chi connectivity index (χ0) is 17.1. The van der Waals surface area contributed by atoms with Crippen LogP contribution in [0.2, 0.25) is 0 Å². The second-order valence-electron chi connectivity index (χ2n) is 5.62. The van der Waals surface area contributed by atoms with Gasteiger partial charge in [0.1, 0.15) is 0 Å². The van der Waals surface area contributed by atoms with Gasteiger partial charge < -0.3 is 10.8 Å². The fraction of sp³-hybridized carbons (Fsp3) is 0.625. The van der Waals surface area contributed by atoms with E-state index in [2.05, 4.69) is 0 Å². The predicted octanol–water partition coefficient (Wildman–Crippen LogP) is 2.42. The van der Waals surface area contributed by atoms with Crippen molar-refractivity contribution in [3.8, 4) is 0 Å². The minimum atomic E-state index is -4.12. The lowest BCUT2D eigenvalue weighted by Gasteiger charge is -2.21. The summed E-state index contributed by atoms with van der Waals surface area (Å²) in [6, 6.07) is 5.94. The number of hydrogen-bond acceptors (Lipinski definition) is 4. The Bertz CT molecular complexity index is 628. The van der Waals surface area contributed by atoms with Gasteiger partial charge in [-0.1, -0.05) is 31.4 Å². The third-order valence-corrected chi connectivity index (χ3v) is 5.44. The van der Waals surface area contributed by atoms with Crippen molar-refractivity contribution in [3.05, 3.63) is 29.8 Å². The number of rotatable bonds is 6. The van der Waals surface area contributed by atoms with Crippen LogP contribution in [0.3, 0.4) is 0 Å². The first kappa shape index (κ1) is 13.7. The Labute approximate surface area is 130 Å². The molecule has 1 aliphatic carbocycles. The van der Waals surface area contributed by atoms with Crippen molar-refractivity contribution in [1.82, 2.24) is 0 Å². The van der Waals surface area contributed by atoms with E-state index < -0.39 is 27.6 Å². The zero-order valence-electron chi connectivity index (χ0n) is 14.2. The Hall–Kier alpha value is -0.910. The van der Waals surface area contributed by atoms with Gasteiger partial charge in [-0.05, 0) is 49.4 Å². The van der Waals surface area contributed by atoms with Crippen LogP contribution in [-0.4, -0.2) is 25.8 Å². The summed E-state index contributed by atoms with van der Waals surface area (Å²) in [7, 11) is -4.12. The highest BCUT2D eigenvalue weighted by atomic mass is 32.2. The van der Waals surface area contributed by atoms with Crippen molar-refractivity contribution < 1.29 is 16.3 Å². The molecule has 5 heteroatoms. The third-order valence-electron chi connectivity index (χ3n) is 3.92. The van der Waals surface area contributed by atoms with Crippen LogP contribution in [0.5, 0.6) is 0 Å². The molecule has 1 saturated carbocycles. The number of hydrogen-bond donors (Lipinski definition) is 2. The Morgan fingerprint density at radius 3 is 2.71 bits per heavy atom. The highest BCUT2D eigenvalue weighted by Gasteiger charge is 2.23. The van der Waals surface area contributed by atoms with E-state index in [1.54, 1.807) is 12.1 Å². The molecule has 1 aliphatic rings. The molecule has 2 rings (SSSR count). The number of aliphatic hydroxyl groups excluding tert-OH is 1. The maximum atomic E-state index is 12.8. The lowest BCUT2D eigenvalue weighted by Crippen LogP contribution is -2.19. The summed E-state index contributed by atoms with van der Waals surface area (Å²) in [6.07, 6.45) is 3.47. The summed E-state index contributed by atoms with van der Waals surface area (Å²) in [5.41, 5.74) is 3.59. The molecular formula is C16H25NO3S. The summed E-state index contributed by atoms with van der Waals surface area (Å²) in [6.45, 7) is 0.293. The van der Waals surface area contributed by atoms with Crippen LogP contribution in [0.1, 0.15) is 52.9 Å². The number of benzene rings is 1. The normalized spacial score (nSPS) is 20.7. The molecule has 1 aromatic rings. The van der Waals surface area contributed by atoms with Gasteiger partial charge in [0.25, 0.3) is 0 Å².